The summed E-state index contributed by atoms with van der Waals surface area (Å²) in [5, 5.41) is 9.58. The van der Waals surface area contributed by atoms with Gasteiger partial charge in [0, 0.05) is 0 Å². The summed E-state index contributed by atoms with van der Waals surface area (Å²) in [6.45, 7) is 7.69. The fraction of sp³-hybridized carbons (Fsp3) is 0.583. The van der Waals surface area contributed by atoms with E-state index in [2.05, 4.69) is 4.99 Å². The molecular formula is C12H18N2O3. The zero-order chi connectivity index (χ0) is 13.2. The molecule has 0 aromatic heterocycles. The molecule has 0 aromatic rings. The van der Waals surface area contributed by atoms with Crippen molar-refractivity contribution in [1.29, 1.82) is 0 Å². The largest absolute Gasteiger partial charge is 0.303 e. The molecule has 0 atom stereocenters. The number of hydroxylamine groups is 2. The van der Waals surface area contributed by atoms with Crippen molar-refractivity contribution in [2.24, 2.45) is 16.8 Å². The van der Waals surface area contributed by atoms with Gasteiger partial charge in [-0.25, -0.2) is 4.99 Å². The number of rotatable bonds is 3. The van der Waals surface area contributed by atoms with Crippen molar-refractivity contribution in [2.75, 3.05) is 0 Å². The fourth-order valence-corrected chi connectivity index (χ4v) is 1.51. The molecule has 5 heteroatoms. The second kappa shape index (κ2) is 5.23. The van der Waals surface area contributed by atoms with Crippen LogP contribution in [0.4, 0.5) is 0 Å². The Morgan fingerprint density at radius 1 is 1.24 bits per heavy atom. The molecule has 2 amide bonds. The summed E-state index contributed by atoms with van der Waals surface area (Å²) in [5.41, 5.74) is 0.367. The summed E-state index contributed by atoms with van der Waals surface area (Å²) in [5.74, 6) is -1.11. The van der Waals surface area contributed by atoms with E-state index in [0.29, 0.717) is 6.42 Å². The minimum atomic E-state index is -0.754. The highest BCUT2D eigenvalue weighted by Crippen LogP contribution is 2.16. The monoisotopic (exact) mass is 238 g/mol. The van der Waals surface area contributed by atoms with E-state index < -0.39 is 11.8 Å². The SMILES string of the molecule is CC(C)/C=C1\N=C(CC(C)C)C(=O)N(O)C1=O. The quantitative estimate of drug-likeness (QED) is 0.463. The smallest absolute Gasteiger partial charge is 0.278 e. The van der Waals surface area contributed by atoms with Crippen molar-refractivity contribution < 1.29 is 14.8 Å². The molecule has 5 nitrogen and oxygen atoms in total. The first-order valence-electron chi connectivity index (χ1n) is 5.70. The van der Waals surface area contributed by atoms with Crippen LogP contribution in [0.2, 0.25) is 0 Å². The fourth-order valence-electron chi connectivity index (χ4n) is 1.51. The number of imide groups is 1. The van der Waals surface area contributed by atoms with E-state index >= 15 is 0 Å². The number of hydrogen-bond acceptors (Lipinski definition) is 4. The Kier molecular flexibility index (Phi) is 4.17. The summed E-state index contributed by atoms with van der Waals surface area (Å²) in [7, 11) is 0. The standard InChI is InChI=1S/C12H18N2O3/c1-7(2)5-9-11(15)14(17)12(16)10(13-9)6-8(3)4/h5,7-8,17H,6H2,1-4H3/b9-5-. The molecule has 0 saturated heterocycles. The maximum atomic E-state index is 11.6. The minimum absolute atomic E-state index is 0.125. The van der Waals surface area contributed by atoms with E-state index in [9.17, 15) is 14.8 Å². The summed E-state index contributed by atoms with van der Waals surface area (Å²) in [4.78, 5) is 27.2. The highest BCUT2D eigenvalue weighted by Gasteiger charge is 2.32. The van der Waals surface area contributed by atoms with E-state index in [1.807, 2.05) is 27.7 Å². The number of aliphatic imine (C=N–C) groups is 1. The molecule has 0 saturated carbocycles. The lowest BCUT2D eigenvalue weighted by molar-refractivity contribution is -0.172. The van der Waals surface area contributed by atoms with Gasteiger partial charge < -0.3 is 0 Å². The van der Waals surface area contributed by atoms with Crippen LogP contribution >= 0.6 is 0 Å². The van der Waals surface area contributed by atoms with Gasteiger partial charge in [-0.1, -0.05) is 33.8 Å². The van der Waals surface area contributed by atoms with Crippen LogP contribution in [0.15, 0.2) is 16.8 Å². The van der Waals surface area contributed by atoms with Crippen molar-refractivity contribution in [3.8, 4) is 0 Å². The van der Waals surface area contributed by atoms with E-state index in [4.69, 9.17) is 0 Å². The first kappa shape index (κ1) is 13.6. The lowest BCUT2D eigenvalue weighted by Crippen LogP contribution is -2.43. The van der Waals surface area contributed by atoms with Gasteiger partial charge in [-0.15, -0.1) is 5.06 Å². The molecule has 1 aliphatic rings. The second-order valence-corrected chi connectivity index (χ2v) is 4.87. The van der Waals surface area contributed by atoms with Gasteiger partial charge in [-0.2, -0.15) is 0 Å². The van der Waals surface area contributed by atoms with Crippen LogP contribution in [0, 0.1) is 11.8 Å². The molecule has 94 valence electrons. The Hall–Kier alpha value is -1.49. The maximum absolute atomic E-state index is 11.6. The lowest BCUT2D eigenvalue weighted by atomic mass is 10.0. The number of amides is 2. The third-order valence-electron chi connectivity index (χ3n) is 2.20. The van der Waals surface area contributed by atoms with Gasteiger partial charge in [0.15, 0.2) is 0 Å². The highest BCUT2D eigenvalue weighted by molar-refractivity contribution is 6.43. The Morgan fingerprint density at radius 2 is 1.82 bits per heavy atom. The summed E-state index contributed by atoms with van der Waals surface area (Å²) in [6.07, 6.45) is 2.08. The number of carbonyl (C=O) groups excluding carboxylic acids is 2. The maximum Gasteiger partial charge on any atom is 0.303 e. The molecule has 0 aliphatic carbocycles. The average Bonchev–Trinajstić information content (AvgIpc) is 2.20. The summed E-state index contributed by atoms with van der Waals surface area (Å²) >= 11 is 0. The van der Waals surface area contributed by atoms with Crippen molar-refractivity contribution in [1.82, 2.24) is 5.06 Å². The van der Waals surface area contributed by atoms with Crippen LogP contribution in [0.3, 0.4) is 0 Å². The lowest BCUT2D eigenvalue weighted by Gasteiger charge is -2.21. The Balaban J connectivity index is 3.11. The molecule has 0 aromatic carbocycles. The normalized spacial score (nSPS) is 19.6. The molecular weight excluding hydrogens is 220 g/mol. The average molecular weight is 238 g/mol. The highest BCUT2D eigenvalue weighted by atomic mass is 16.5. The molecule has 0 radical (unpaired) electrons. The molecule has 1 heterocycles. The summed E-state index contributed by atoms with van der Waals surface area (Å²) < 4.78 is 0. The number of carbonyl (C=O) groups is 2. The van der Waals surface area contributed by atoms with E-state index in [-0.39, 0.29) is 28.3 Å². The van der Waals surface area contributed by atoms with Crippen LogP contribution in [0.25, 0.3) is 0 Å². The van der Waals surface area contributed by atoms with Gasteiger partial charge in [0.1, 0.15) is 11.4 Å². The predicted octanol–water partition coefficient (Wildman–Crippen LogP) is 1.77. The number of hydrogen-bond donors (Lipinski definition) is 1. The van der Waals surface area contributed by atoms with Crippen molar-refractivity contribution >= 4 is 17.5 Å². The first-order chi connectivity index (χ1) is 7.82. The zero-order valence-electron chi connectivity index (χ0n) is 10.6. The van der Waals surface area contributed by atoms with Gasteiger partial charge in [0.25, 0.3) is 5.91 Å². The molecule has 0 unspecified atom stereocenters. The summed E-state index contributed by atoms with van der Waals surface area (Å²) in [6, 6.07) is 0. The van der Waals surface area contributed by atoms with Crippen LogP contribution in [-0.2, 0) is 9.59 Å². The van der Waals surface area contributed by atoms with E-state index in [1.54, 1.807) is 6.08 Å². The van der Waals surface area contributed by atoms with Crippen molar-refractivity contribution in [2.45, 2.75) is 34.1 Å². The topological polar surface area (TPSA) is 70.0 Å². The second-order valence-electron chi connectivity index (χ2n) is 4.87. The Morgan fingerprint density at radius 3 is 2.29 bits per heavy atom. The van der Waals surface area contributed by atoms with Gasteiger partial charge >= 0.3 is 5.91 Å². The molecule has 1 N–H and O–H groups in total. The molecule has 1 rings (SSSR count). The molecule has 1 aliphatic heterocycles. The van der Waals surface area contributed by atoms with Gasteiger partial charge in [-0.05, 0) is 18.3 Å². The van der Waals surface area contributed by atoms with Gasteiger partial charge in [0.05, 0.1) is 0 Å². The molecule has 0 bridgehead atoms. The van der Waals surface area contributed by atoms with Crippen LogP contribution in [0.1, 0.15) is 34.1 Å². The van der Waals surface area contributed by atoms with Crippen molar-refractivity contribution in [3.05, 3.63) is 11.8 Å². The molecule has 17 heavy (non-hydrogen) atoms. The third kappa shape index (κ3) is 3.23. The predicted molar refractivity (Wildman–Crippen MR) is 63.5 cm³/mol. The van der Waals surface area contributed by atoms with Gasteiger partial charge in [0.2, 0.25) is 0 Å². The zero-order valence-corrected chi connectivity index (χ0v) is 10.6. The van der Waals surface area contributed by atoms with E-state index in [1.165, 1.54) is 0 Å². The van der Waals surface area contributed by atoms with Gasteiger partial charge in [-0.3, -0.25) is 14.8 Å². The van der Waals surface area contributed by atoms with Crippen LogP contribution in [0.5, 0.6) is 0 Å². The Bertz CT molecular complexity index is 395. The van der Waals surface area contributed by atoms with Crippen LogP contribution < -0.4 is 0 Å². The number of allylic oxidation sites excluding steroid dienone is 1. The van der Waals surface area contributed by atoms with E-state index in [0.717, 1.165) is 0 Å². The third-order valence-corrected chi connectivity index (χ3v) is 2.20. The Labute approximate surface area is 101 Å². The minimum Gasteiger partial charge on any atom is -0.278 e. The molecule has 0 fully saturated rings. The van der Waals surface area contributed by atoms with Crippen LogP contribution in [-0.4, -0.2) is 27.8 Å². The molecule has 0 spiro atoms. The first-order valence-corrected chi connectivity index (χ1v) is 5.70. The van der Waals surface area contributed by atoms with Crippen molar-refractivity contribution in [3.63, 3.8) is 0 Å². The number of nitrogens with zero attached hydrogens (tertiary/aromatic N) is 2.